The largest absolute Gasteiger partial charge is 0.451 e. The van der Waals surface area contributed by atoms with Crippen molar-refractivity contribution in [3.05, 3.63) is 64.9 Å². The Bertz CT molecular complexity index is 1500. The van der Waals surface area contributed by atoms with E-state index in [1.165, 1.54) is 24.3 Å². The van der Waals surface area contributed by atoms with Crippen LogP contribution in [0.1, 0.15) is 49.2 Å². The molecular formula is C28H32ClN3O6S. The predicted octanol–water partition coefficient (Wildman–Crippen LogP) is 4.08. The zero-order valence-corrected chi connectivity index (χ0v) is 23.6. The number of hydrogen-bond acceptors (Lipinski definition) is 7. The molecule has 2 amide bonds. The van der Waals surface area contributed by atoms with Crippen LogP contribution in [0.25, 0.3) is 11.0 Å². The summed E-state index contributed by atoms with van der Waals surface area (Å²) >= 11 is 6.08. The number of nitrogens with zero attached hydrogens (tertiary/aromatic N) is 1. The predicted molar refractivity (Wildman–Crippen MR) is 148 cm³/mol. The van der Waals surface area contributed by atoms with Crippen LogP contribution < -0.4 is 10.6 Å². The summed E-state index contributed by atoms with van der Waals surface area (Å²) in [7, 11) is -4.51. The number of nitrogens with one attached hydrogen (secondary N) is 2. The molecule has 208 valence electrons. The molecule has 1 aliphatic heterocycles. The molecule has 1 unspecified atom stereocenters. The third kappa shape index (κ3) is 6.18. The maximum atomic E-state index is 14.2. The molecule has 0 radical (unpaired) electrons. The molecule has 0 bridgehead atoms. The van der Waals surface area contributed by atoms with E-state index in [9.17, 15) is 22.8 Å². The average molecular weight is 574 g/mol. The van der Waals surface area contributed by atoms with Crippen molar-refractivity contribution >= 4 is 50.2 Å². The quantitative estimate of drug-likeness (QED) is 0.416. The van der Waals surface area contributed by atoms with Crippen LogP contribution >= 0.6 is 11.6 Å². The van der Waals surface area contributed by atoms with Crippen LogP contribution in [-0.4, -0.2) is 55.5 Å². The number of halogens is 1. The number of rotatable bonds is 8. The first-order valence-electron chi connectivity index (χ1n) is 12.9. The van der Waals surface area contributed by atoms with E-state index < -0.39 is 39.7 Å². The van der Waals surface area contributed by atoms with Crippen LogP contribution in [0.4, 0.5) is 0 Å². The molecule has 0 saturated carbocycles. The molecule has 4 rings (SSSR count). The van der Waals surface area contributed by atoms with Gasteiger partial charge in [0.05, 0.1) is 11.4 Å². The third-order valence-corrected chi connectivity index (χ3v) is 8.75. The highest BCUT2D eigenvalue weighted by Crippen LogP contribution is 2.28. The summed E-state index contributed by atoms with van der Waals surface area (Å²) in [5, 5.41) is 6.61. The van der Waals surface area contributed by atoms with Gasteiger partial charge in [0, 0.05) is 16.0 Å². The Balaban J connectivity index is 1.75. The van der Waals surface area contributed by atoms with Gasteiger partial charge in [0.25, 0.3) is 21.8 Å². The number of amides is 2. The van der Waals surface area contributed by atoms with E-state index >= 15 is 0 Å². The standard InChI is InChI=1S/C28H32ClN3O6S/c1-17(2)14-22(31-27(34)26-18(3)21-10-4-5-12-25(21)38-26)28(35)32(23-11-7-13-30-16-24(23)33)39(36,37)20-9-6-8-19(29)15-20/h4-6,8-10,12,15,17,22-23,30H,7,11,13-14,16H2,1-3H3,(H,31,34)/t22-,23?/m0/s1. The number of benzene rings is 2. The monoisotopic (exact) mass is 573 g/mol. The Kier molecular flexibility index (Phi) is 8.78. The van der Waals surface area contributed by atoms with Crippen LogP contribution in [0.15, 0.2) is 57.8 Å². The molecular weight excluding hydrogens is 542 g/mol. The number of furan rings is 1. The number of aryl methyl sites for hydroxylation is 1. The highest BCUT2D eigenvalue weighted by atomic mass is 35.5. The summed E-state index contributed by atoms with van der Waals surface area (Å²) in [5.41, 5.74) is 1.13. The van der Waals surface area contributed by atoms with Crippen molar-refractivity contribution in [3.8, 4) is 0 Å². The van der Waals surface area contributed by atoms with Gasteiger partial charge >= 0.3 is 0 Å². The number of hydrogen-bond donors (Lipinski definition) is 2. The van der Waals surface area contributed by atoms with Crippen molar-refractivity contribution in [2.24, 2.45) is 5.92 Å². The fraction of sp³-hybridized carbons (Fsp3) is 0.393. The van der Waals surface area contributed by atoms with Crippen molar-refractivity contribution in [3.63, 3.8) is 0 Å². The van der Waals surface area contributed by atoms with Gasteiger partial charge in [-0.3, -0.25) is 14.4 Å². The molecule has 1 aromatic heterocycles. The fourth-order valence-electron chi connectivity index (χ4n) is 4.80. The maximum Gasteiger partial charge on any atom is 0.287 e. The van der Waals surface area contributed by atoms with Crippen LogP contribution in [0, 0.1) is 12.8 Å². The van der Waals surface area contributed by atoms with Gasteiger partial charge in [-0.05, 0) is 62.9 Å². The Morgan fingerprint density at radius 2 is 1.92 bits per heavy atom. The summed E-state index contributed by atoms with van der Waals surface area (Å²) in [6.45, 7) is 5.90. The van der Waals surface area contributed by atoms with E-state index in [1.54, 1.807) is 19.1 Å². The van der Waals surface area contributed by atoms with Crippen LogP contribution in [0.3, 0.4) is 0 Å². The molecule has 1 saturated heterocycles. The molecule has 2 heterocycles. The molecule has 1 aliphatic rings. The van der Waals surface area contributed by atoms with Crippen molar-refractivity contribution < 1.29 is 27.2 Å². The molecule has 0 aliphatic carbocycles. The van der Waals surface area contributed by atoms with E-state index in [-0.39, 0.29) is 41.0 Å². The molecule has 2 aromatic carbocycles. The van der Waals surface area contributed by atoms with Crippen LogP contribution in [-0.2, 0) is 19.6 Å². The Hall–Kier alpha value is -3.21. The lowest BCUT2D eigenvalue weighted by Crippen LogP contribution is -2.56. The SMILES string of the molecule is Cc1c(C(=O)N[C@@H](CC(C)C)C(=O)N(C2CCCNCC2=O)S(=O)(=O)c2cccc(Cl)c2)oc2ccccc12. The number of fused-ring (bicyclic) bond motifs is 1. The molecule has 0 spiro atoms. The second-order valence-corrected chi connectivity index (χ2v) is 12.4. The molecule has 1 fully saturated rings. The molecule has 2 N–H and O–H groups in total. The molecule has 39 heavy (non-hydrogen) atoms. The van der Waals surface area contributed by atoms with Gasteiger partial charge in [0.15, 0.2) is 11.5 Å². The zero-order chi connectivity index (χ0) is 28.3. The second kappa shape index (κ2) is 11.9. The van der Waals surface area contributed by atoms with Crippen molar-refractivity contribution in [2.75, 3.05) is 13.1 Å². The van der Waals surface area contributed by atoms with Gasteiger partial charge in [-0.2, -0.15) is 0 Å². The summed E-state index contributed by atoms with van der Waals surface area (Å²) in [5.74, 6) is -1.99. The summed E-state index contributed by atoms with van der Waals surface area (Å²) in [4.78, 5) is 40.4. The van der Waals surface area contributed by atoms with Crippen molar-refractivity contribution in [1.29, 1.82) is 0 Å². The highest BCUT2D eigenvalue weighted by Gasteiger charge is 2.43. The minimum Gasteiger partial charge on any atom is -0.451 e. The number of sulfonamides is 1. The summed E-state index contributed by atoms with van der Waals surface area (Å²) in [6.07, 6.45) is 0.789. The van der Waals surface area contributed by atoms with Crippen molar-refractivity contribution in [1.82, 2.24) is 14.9 Å². The van der Waals surface area contributed by atoms with Gasteiger partial charge in [-0.25, -0.2) is 12.7 Å². The average Bonchev–Trinajstić information content (AvgIpc) is 3.08. The first-order chi connectivity index (χ1) is 18.5. The lowest BCUT2D eigenvalue weighted by atomic mass is 10.0. The minimum absolute atomic E-state index is 0.0387. The maximum absolute atomic E-state index is 14.2. The van der Waals surface area contributed by atoms with Gasteiger partial charge in [-0.15, -0.1) is 0 Å². The van der Waals surface area contributed by atoms with Gasteiger partial charge in [-0.1, -0.05) is 49.7 Å². The number of Topliss-reactive ketones (excluding diaryl/α,β-unsaturated/α-hetero) is 1. The highest BCUT2D eigenvalue weighted by molar-refractivity contribution is 7.89. The van der Waals surface area contributed by atoms with Crippen LogP contribution in [0.5, 0.6) is 0 Å². The number of carbonyl (C=O) groups excluding carboxylic acids is 3. The summed E-state index contributed by atoms with van der Waals surface area (Å²) in [6, 6.07) is 10.3. The van der Waals surface area contributed by atoms with Gasteiger partial charge in [0.2, 0.25) is 0 Å². The topological polar surface area (TPSA) is 126 Å². The number of carbonyl (C=O) groups is 3. The fourth-order valence-corrected chi connectivity index (χ4v) is 6.73. The first kappa shape index (κ1) is 28.8. The van der Waals surface area contributed by atoms with Crippen LogP contribution in [0.2, 0.25) is 5.02 Å². The third-order valence-electron chi connectivity index (χ3n) is 6.72. The number of para-hydroxylation sites is 1. The normalized spacial score (nSPS) is 17.2. The molecule has 3 aromatic rings. The van der Waals surface area contributed by atoms with Gasteiger partial charge in [0.1, 0.15) is 17.7 Å². The lowest BCUT2D eigenvalue weighted by Gasteiger charge is -2.33. The van der Waals surface area contributed by atoms with Crippen molar-refractivity contribution in [2.45, 2.75) is 57.0 Å². The Labute approximate surface area is 232 Å². The Morgan fingerprint density at radius 1 is 1.18 bits per heavy atom. The first-order valence-corrected chi connectivity index (χ1v) is 14.7. The zero-order valence-electron chi connectivity index (χ0n) is 22.1. The van der Waals surface area contributed by atoms with E-state index in [1.807, 2.05) is 26.0 Å². The van der Waals surface area contributed by atoms with E-state index in [0.717, 1.165) is 5.39 Å². The lowest BCUT2D eigenvalue weighted by molar-refractivity contribution is -0.135. The van der Waals surface area contributed by atoms with Gasteiger partial charge < -0.3 is 15.1 Å². The molecule has 2 atom stereocenters. The Morgan fingerprint density at radius 3 is 2.62 bits per heavy atom. The molecule has 11 heteroatoms. The van der Waals surface area contributed by atoms with E-state index in [2.05, 4.69) is 10.6 Å². The second-order valence-electron chi connectivity index (χ2n) is 10.1. The van der Waals surface area contributed by atoms with E-state index in [4.69, 9.17) is 16.0 Å². The minimum atomic E-state index is -4.51. The molecule has 9 nitrogen and oxygen atoms in total. The van der Waals surface area contributed by atoms with E-state index in [0.29, 0.717) is 28.4 Å². The summed E-state index contributed by atoms with van der Waals surface area (Å²) < 4.78 is 34.3. The smallest absolute Gasteiger partial charge is 0.287 e. The number of ketones is 1.